The second-order valence-electron chi connectivity index (χ2n) is 4.40. The van der Waals surface area contributed by atoms with Crippen LogP contribution in [0.5, 0.6) is 0 Å². The fourth-order valence-electron chi connectivity index (χ4n) is 1.83. The number of hydrogen-bond acceptors (Lipinski definition) is 3. The van der Waals surface area contributed by atoms with Gasteiger partial charge in [-0.15, -0.1) is 0 Å². The van der Waals surface area contributed by atoms with E-state index in [9.17, 15) is 9.59 Å². The van der Waals surface area contributed by atoms with Crippen LogP contribution < -0.4 is 10.6 Å². The van der Waals surface area contributed by atoms with Gasteiger partial charge in [-0.25, -0.2) is 0 Å². The average molecular weight is 253 g/mol. The maximum Gasteiger partial charge on any atom is 0.246 e. The third-order valence-electron chi connectivity index (χ3n) is 3.29. The van der Waals surface area contributed by atoms with Crippen LogP contribution in [0, 0.1) is 0 Å². The summed E-state index contributed by atoms with van der Waals surface area (Å²) >= 11 is 0. The van der Waals surface area contributed by atoms with Gasteiger partial charge in [-0.2, -0.15) is 0 Å². The van der Waals surface area contributed by atoms with E-state index in [4.69, 9.17) is 0 Å². The molecular weight excluding hydrogens is 230 g/mol. The molecule has 18 heavy (non-hydrogen) atoms. The summed E-state index contributed by atoms with van der Waals surface area (Å²) in [6, 6.07) is 0. The Morgan fingerprint density at radius 3 is 2.33 bits per heavy atom. The average Bonchev–Trinajstić information content (AvgIpc) is 2.28. The van der Waals surface area contributed by atoms with Crippen LogP contribution in [0.4, 0.5) is 0 Å². The minimum Gasteiger partial charge on any atom is -0.352 e. The van der Waals surface area contributed by atoms with Gasteiger partial charge in [0.1, 0.15) is 0 Å². The normalized spacial score (nSPS) is 13.8. The molecular formula is C13H23N3O2. The van der Waals surface area contributed by atoms with Crippen molar-refractivity contribution in [3.63, 3.8) is 0 Å². The Kier molecular flexibility index (Phi) is 5.85. The van der Waals surface area contributed by atoms with E-state index >= 15 is 0 Å². The summed E-state index contributed by atoms with van der Waals surface area (Å²) in [5.41, 5.74) is 1.94. The van der Waals surface area contributed by atoms with E-state index in [1.54, 1.807) is 4.90 Å². The molecule has 2 amide bonds. The molecule has 0 aliphatic carbocycles. The molecule has 0 aromatic carbocycles. The minimum absolute atomic E-state index is 0.0566. The first-order chi connectivity index (χ1) is 8.60. The number of nitrogens with zero attached hydrogens (tertiary/aromatic N) is 1. The molecule has 0 saturated carbocycles. The highest BCUT2D eigenvalue weighted by Gasteiger charge is 2.16. The van der Waals surface area contributed by atoms with E-state index in [2.05, 4.69) is 10.6 Å². The van der Waals surface area contributed by atoms with Gasteiger partial charge in [-0.3, -0.25) is 9.59 Å². The molecule has 102 valence electrons. The van der Waals surface area contributed by atoms with Crippen LogP contribution in [0.1, 0.15) is 27.2 Å². The highest BCUT2D eigenvalue weighted by atomic mass is 16.2. The van der Waals surface area contributed by atoms with Crippen LogP contribution in [0.25, 0.3) is 0 Å². The van der Waals surface area contributed by atoms with E-state index in [-0.39, 0.29) is 11.8 Å². The van der Waals surface area contributed by atoms with E-state index in [1.165, 1.54) is 0 Å². The Morgan fingerprint density at radius 2 is 1.89 bits per heavy atom. The van der Waals surface area contributed by atoms with Crippen molar-refractivity contribution in [3.8, 4) is 0 Å². The molecule has 5 heteroatoms. The molecule has 1 heterocycles. The molecule has 1 aliphatic heterocycles. The van der Waals surface area contributed by atoms with Gasteiger partial charge < -0.3 is 15.5 Å². The van der Waals surface area contributed by atoms with Gasteiger partial charge in [0, 0.05) is 44.7 Å². The van der Waals surface area contributed by atoms with Crippen molar-refractivity contribution in [2.45, 2.75) is 27.2 Å². The van der Waals surface area contributed by atoms with Crippen molar-refractivity contribution in [1.82, 2.24) is 15.5 Å². The molecule has 1 rings (SSSR count). The highest BCUT2D eigenvalue weighted by molar-refractivity contribution is 5.94. The highest BCUT2D eigenvalue weighted by Crippen LogP contribution is 2.08. The van der Waals surface area contributed by atoms with Crippen LogP contribution >= 0.6 is 0 Å². The number of hydrogen-bond donors (Lipinski definition) is 2. The summed E-state index contributed by atoms with van der Waals surface area (Å²) in [5, 5.41) is 5.90. The first-order valence-corrected chi connectivity index (χ1v) is 6.55. The Balaban J connectivity index is 2.29. The van der Waals surface area contributed by atoms with Crippen molar-refractivity contribution < 1.29 is 9.59 Å². The summed E-state index contributed by atoms with van der Waals surface area (Å²) in [7, 11) is 0. The molecule has 0 radical (unpaired) electrons. The lowest BCUT2D eigenvalue weighted by atomic mass is 10.0. The summed E-state index contributed by atoms with van der Waals surface area (Å²) in [5.74, 6) is 0.0368. The van der Waals surface area contributed by atoms with Crippen molar-refractivity contribution in [3.05, 3.63) is 11.1 Å². The largest absolute Gasteiger partial charge is 0.352 e. The second kappa shape index (κ2) is 7.16. The first-order valence-electron chi connectivity index (χ1n) is 6.55. The lowest BCUT2D eigenvalue weighted by Crippen LogP contribution is -2.38. The van der Waals surface area contributed by atoms with Crippen LogP contribution in [0.3, 0.4) is 0 Å². The monoisotopic (exact) mass is 253 g/mol. The third kappa shape index (κ3) is 3.84. The van der Waals surface area contributed by atoms with Crippen molar-refractivity contribution in [1.29, 1.82) is 0 Å². The van der Waals surface area contributed by atoms with Gasteiger partial charge >= 0.3 is 0 Å². The summed E-state index contributed by atoms with van der Waals surface area (Å²) < 4.78 is 0. The molecule has 0 atom stereocenters. The lowest BCUT2D eigenvalue weighted by Gasteiger charge is -2.22. The summed E-state index contributed by atoms with van der Waals surface area (Å²) in [6.07, 6.45) is 0.369. The van der Waals surface area contributed by atoms with Crippen LogP contribution in [0.2, 0.25) is 0 Å². The molecule has 1 fully saturated rings. The molecule has 2 N–H and O–H groups in total. The fourth-order valence-corrected chi connectivity index (χ4v) is 1.83. The number of nitrogens with one attached hydrogen (secondary N) is 2. The predicted molar refractivity (Wildman–Crippen MR) is 71.1 cm³/mol. The van der Waals surface area contributed by atoms with Crippen LogP contribution in [0.15, 0.2) is 11.1 Å². The van der Waals surface area contributed by atoms with Gasteiger partial charge in [0.25, 0.3) is 0 Å². The van der Waals surface area contributed by atoms with Crippen LogP contribution in [-0.4, -0.2) is 49.4 Å². The molecule has 5 nitrogen and oxygen atoms in total. The number of carbonyl (C=O) groups excluding carboxylic acids is 2. The van der Waals surface area contributed by atoms with Crippen LogP contribution in [-0.2, 0) is 9.59 Å². The van der Waals surface area contributed by atoms with Gasteiger partial charge in [0.2, 0.25) is 11.8 Å². The second-order valence-corrected chi connectivity index (χ2v) is 4.40. The standard InChI is InChI=1S/C13H23N3O2/c1-4-16(5-2)12(17)6-7-15-13(18)10(3)11-8-14-9-11/h14H,4-9H2,1-3H3,(H,15,18). The van der Waals surface area contributed by atoms with Crippen molar-refractivity contribution in [2.24, 2.45) is 0 Å². The Labute approximate surface area is 109 Å². The van der Waals surface area contributed by atoms with Gasteiger partial charge in [0.05, 0.1) is 0 Å². The summed E-state index contributed by atoms with van der Waals surface area (Å²) in [4.78, 5) is 25.2. The van der Waals surface area contributed by atoms with E-state index in [0.29, 0.717) is 13.0 Å². The zero-order chi connectivity index (χ0) is 13.5. The van der Waals surface area contributed by atoms with Gasteiger partial charge in [-0.1, -0.05) is 0 Å². The number of rotatable bonds is 6. The smallest absolute Gasteiger partial charge is 0.246 e. The van der Waals surface area contributed by atoms with E-state index in [1.807, 2.05) is 20.8 Å². The maximum atomic E-state index is 11.7. The first kappa shape index (κ1) is 14.7. The lowest BCUT2D eigenvalue weighted by molar-refractivity contribution is -0.130. The van der Waals surface area contributed by atoms with Gasteiger partial charge in [-0.05, 0) is 26.3 Å². The maximum absolute atomic E-state index is 11.7. The predicted octanol–water partition coefficient (Wildman–Crippen LogP) is 0.281. The van der Waals surface area contributed by atoms with Crippen molar-refractivity contribution in [2.75, 3.05) is 32.7 Å². The number of carbonyl (C=O) groups is 2. The molecule has 0 aromatic heterocycles. The minimum atomic E-state index is -0.0566. The Bertz CT molecular complexity index is 340. The molecule has 0 unspecified atom stereocenters. The van der Waals surface area contributed by atoms with Crippen molar-refractivity contribution >= 4 is 11.8 Å². The third-order valence-corrected chi connectivity index (χ3v) is 3.29. The Hall–Kier alpha value is -1.36. The van der Waals surface area contributed by atoms with Gasteiger partial charge in [0.15, 0.2) is 0 Å². The zero-order valence-corrected chi connectivity index (χ0v) is 11.5. The molecule has 0 spiro atoms. The fraction of sp³-hybridized carbons (Fsp3) is 0.692. The molecule has 1 aliphatic rings. The quantitative estimate of drug-likeness (QED) is 0.668. The SMILES string of the molecule is CCN(CC)C(=O)CCNC(=O)C(C)=C1CNC1. The van der Waals surface area contributed by atoms with E-state index < -0.39 is 0 Å². The number of amides is 2. The summed E-state index contributed by atoms with van der Waals surface area (Å²) in [6.45, 7) is 9.20. The topological polar surface area (TPSA) is 61.4 Å². The molecule has 0 bridgehead atoms. The molecule has 1 saturated heterocycles. The Morgan fingerprint density at radius 1 is 1.28 bits per heavy atom. The molecule has 0 aromatic rings. The van der Waals surface area contributed by atoms with E-state index in [0.717, 1.165) is 37.3 Å². The zero-order valence-electron chi connectivity index (χ0n) is 11.5.